The van der Waals surface area contributed by atoms with Gasteiger partial charge in [-0.1, -0.05) is 24.3 Å². The first-order valence-corrected chi connectivity index (χ1v) is 9.32. The number of β-amino-alcohol motifs (C(OH)–C–C–N with tert-alkyl or cyclic N) is 1. The molecule has 2 aromatic rings. The van der Waals surface area contributed by atoms with Gasteiger partial charge in [0.1, 0.15) is 18.1 Å². The first-order valence-electron chi connectivity index (χ1n) is 9.32. The van der Waals surface area contributed by atoms with Gasteiger partial charge in [0.25, 0.3) is 5.91 Å². The second-order valence-electron chi connectivity index (χ2n) is 7.19. The summed E-state index contributed by atoms with van der Waals surface area (Å²) in [7, 11) is 0. The lowest BCUT2D eigenvalue weighted by molar-refractivity contribution is 0.0501. The van der Waals surface area contributed by atoms with Crippen LogP contribution in [0.15, 0.2) is 42.5 Å². The van der Waals surface area contributed by atoms with E-state index in [1.54, 1.807) is 11.0 Å². The zero-order chi connectivity index (χ0) is 18.8. The molecule has 2 heterocycles. The molecule has 142 valence electrons. The molecule has 27 heavy (non-hydrogen) atoms. The van der Waals surface area contributed by atoms with E-state index in [0.717, 1.165) is 19.5 Å². The van der Waals surface area contributed by atoms with Crippen LogP contribution in [-0.2, 0) is 13.0 Å². The van der Waals surface area contributed by atoms with Gasteiger partial charge in [-0.15, -0.1) is 0 Å². The molecule has 0 aliphatic carbocycles. The van der Waals surface area contributed by atoms with Gasteiger partial charge in [-0.3, -0.25) is 9.69 Å². The number of phenols is 1. The molecule has 6 heteroatoms. The third-order valence-corrected chi connectivity index (χ3v) is 5.21. The standard InChI is InChI=1S/C21H24N2O4/c24-17-5-6-19-20(11-17)27-10-9-23(21(19)26)14-18(25)13-22-8-7-15-3-1-2-4-16(15)12-22/h1-6,11,18,24-25H,7-10,12-14H2. The molecule has 2 N–H and O–H groups in total. The number of rotatable bonds is 4. The van der Waals surface area contributed by atoms with Crippen LogP contribution in [0, 0.1) is 0 Å². The van der Waals surface area contributed by atoms with Gasteiger partial charge >= 0.3 is 0 Å². The van der Waals surface area contributed by atoms with E-state index >= 15 is 0 Å². The van der Waals surface area contributed by atoms with E-state index in [2.05, 4.69) is 23.1 Å². The highest BCUT2D eigenvalue weighted by Crippen LogP contribution is 2.27. The maximum atomic E-state index is 12.8. The van der Waals surface area contributed by atoms with Crippen LogP contribution in [0.3, 0.4) is 0 Å². The molecule has 0 bridgehead atoms. The van der Waals surface area contributed by atoms with Gasteiger partial charge in [-0.2, -0.15) is 0 Å². The number of aliphatic hydroxyl groups is 1. The minimum absolute atomic E-state index is 0.0698. The van der Waals surface area contributed by atoms with Gasteiger partial charge in [-0.05, 0) is 29.7 Å². The average Bonchev–Trinajstić information content (AvgIpc) is 2.80. The predicted molar refractivity (Wildman–Crippen MR) is 101 cm³/mol. The molecule has 0 saturated heterocycles. The van der Waals surface area contributed by atoms with Crippen LogP contribution in [-0.4, -0.2) is 64.8 Å². The number of aromatic hydroxyl groups is 1. The quantitative estimate of drug-likeness (QED) is 0.859. The van der Waals surface area contributed by atoms with Crippen LogP contribution in [0.5, 0.6) is 11.5 Å². The van der Waals surface area contributed by atoms with Crippen molar-refractivity contribution >= 4 is 5.91 Å². The maximum Gasteiger partial charge on any atom is 0.257 e. The number of carbonyl (C=O) groups excluding carboxylic acids is 1. The lowest BCUT2D eigenvalue weighted by Gasteiger charge is -2.32. The first kappa shape index (κ1) is 17.8. The van der Waals surface area contributed by atoms with Gasteiger partial charge in [0, 0.05) is 32.2 Å². The first-order chi connectivity index (χ1) is 13.1. The Morgan fingerprint density at radius 1 is 1.07 bits per heavy atom. The number of hydrogen-bond donors (Lipinski definition) is 2. The van der Waals surface area contributed by atoms with Crippen molar-refractivity contribution < 1.29 is 19.7 Å². The molecule has 1 unspecified atom stereocenters. The molecular formula is C21H24N2O4. The van der Waals surface area contributed by atoms with Crippen LogP contribution in [0.4, 0.5) is 0 Å². The normalized spacial score (nSPS) is 18.3. The molecule has 0 saturated carbocycles. The SMILES string of the molecule is O=C1c2ccc(O)cc2OCCN1CC(O)CN1CCc2ccccc2C1. The van der Waals surface area contributed by atoms with E-state index in [4.69, 9.17) is 4.74 Å². The lowest BCUT2D eigenvalue weighted by Crippen LogP contribution is -2.44. The van der Waals surface area contributed by atoms with Gasteiger partial charge in [0.05, 0.1) is 18.2 Å². The van der Waals surface area contributed by atoms with E-state index in [-0.39, 0.29) is 18.2 Å². The highest BCUT2D eigenvalue weighted by molar-refractivity contribution is 5.97. The monoisotopic (exact) mass is 368 g/mol. The number of phenolic OH excluding ortho intramolecular Hbond substituents is 1. The van der Waals surface area contributed by atoms with Gasteiger partial charge in [0.15, 0.2) is 0 Å². The van der Waals surface area contributed by atoms with Crippen LogP contribution >= 0.6 is 0 Å². The highest BCUT2D eigenvalue weighted by Gasteiger charge is 2.27. The Balaban J connectivity index is 1.39. The second kappa shape index (κ2) is 7.58. The summed E-state index contributed by atoms with van der Waals surface area (Å²) in [6.45, 7) is 3.28. The lowest BCUT2D eigenvalue weighted by atomic mass is 10.00. The maximum absolute atomic E-state index is 12.8. The van der Waals surface area contributed by atoms with Crippen molar-refractivity contribution in [3.8, 4) is 11.5 Å². The molecule has 0 spiro atoms. The Morgan fingerprint density at radius 2 is 1.89 bits per heavy atom. The molecule has 6 nitrogen and oxygen atoms in total. The summed E-state index contributed by atoms with van der Waals surface area (Å²) < 4.78 is 5.59. The fourth-order valence-corrected chi connectivity index (χ4v) is 3.84. The molecular weight excluding hydrogens is 344 g/mol. The fourth-order valence-electron chi connectivity index (χ4n) is 3.84. The van der Waals surface area contributed by atoms with Crippen molar-refractivity contribution in [1.29, 1.82) is 0 Å². The molecule has 4 rings (SSSR count). The summed E-state index contributed by atoms with van der Waals surface area (Å²) in [6.07, 6.45) is 0.355. The van der Waals surface area contributed by atoms with E-state index in [0.29, 0.717) is 31.0 Å². The Morgan fingerprint density at radius 3 is 2.74 bits per heavy atom. The van der Waals surface area contributed by atoms with Crippen LogP contribution < -0.4 is 4.74 Å². The summed E-state index contributed by atoms with van der Waals surface area (Å²) in [5.41, 5.74) is 3.11. The van der Waals surface area contributed by atoms with Crippen molar-refractivity contribution in [3.05, 3.63) is 59.2 Å². The summed E-state index contributed by atoms with van der Waals surface area (Å²) in [5, 5.41) is 20.2. The minimum atomic E-state index is -0.627. The Hall–Kier alpha value is -2.57. The smallest absolute Gasteiger partial charge is 0.257 e. The number of amides is 1. The number of fused-ring (bicyclic) bond motifs is 2. The third-order valence-electron chi connectivity index (χ3n) is 5.21. The highest BCUT2D eigenvalue weighted by atomic mass is 16.5. The van der Waals surface area contributed by atoms with Crippen molar-refractivity contribution in [2.24, 2.45) is 0 Å². The van der Waals surface area contributed by atoms with E-state index in [1.165, 1.54) is 23.3 Å². The Kier molecular flexibility index (Phi) is 5.01. The molecule has 2 aliphatic heterocycles. The summed E-state index contributed by atoms with van der Waals surface area (Å²) in [4.78, 5) is 16.6. The van der Waals surface area contributed by atoms with Crippen LogP contribution in [0.25, 0.3) is 0 Å². The zero-order valence-electron chi connectivity index (χ0n) is 15.2. The summed E-state index contributed by atoms with van der Waals surface area (Å²) in [5.74, 6) is 0.288. The Labute approximate surface area is 158 Å². The van der Waals surface area contributed by atoms with E-state index in [1.807, 2.05) is 6.07 Å². The Bertz CT molecular complexity index is 839. The number of benzene rings is 2. The number of hydrogen-bond acceptors (Lipinski definition) is 5. The molecule has 1 atom stereocenters. The van der Waals surface area contributed by atoms with Crippen LogP contribution in [0.1, 0.15) is 21.5 Å². The van der Waals surface area contributed by atoms with Crippen molar-refractivity contribution in [3.63, 3.8) is 0 Å². The number of ether oxygens (including phenoxy) is 1. The molecule has 0 fully saturated rings. The number of aliphatic hydroxyl groups excluding tert-OH is 1. The van der Waals surface area contributed by atoms with Gasteiger partial charge in [-0.25, -0.2) is 0 Å². The van der Waals surface area contributed by atoms with Gasteiger partial charge < -0.3 is 19.8 Å². The van der Waals surface area contributed by atoms with Crippen molar-refractivity contribution in [2.75, 3.05) is 32.8 Å². The molecule has 2 aromatic carbocycles. The van der Waals surface area contributed by atoms with Gasteiger partial charge in [0.2, 0.25) is 0 Å². The largest absolute Gasteiger partial charge is 0.508 e. The predicted octanol–water partition coefficient (Wildman–Crippen LogP) is 1.65. The van der Waals surface area contributed by atoms with Crippen molar-refractivity contribution in [2.45, 2.75) is 19.1 Å². The fraction of sp³-hybridized carbons (Fsp3) is 0.381. The van der Waals surface area contributed by atoms with E-state index < -0.39 is 6.10 Å². The minimum Gasteiger partial charge on any atom is -0.508 e. The third kappa shape index (κ3) is 3.91. The summed E-state index contributed by atoms with van der Waals surface area (Å²) in [6, 6.07) is 12.9. The van der Waals surface area contributed by atoms with Crippen LogP contribution in [0.2, 0.25) is 0 Å². The summed E-state index contributed by atoms with van der Waals surface area (Å²) >= 11 is 0. The number of carbonyl (C=O) groups is 1. The molecule has 1 amide bonds. The second-order valence-corrected chi connectivity index (χ2v) is 7.19. The van der Waals surface area contributed by atoms with Crippen molar-refractivity contribution in [1.82, 2.24) is 9.80 Å². The molecule has 0 radical (unpaired) electrons. The number of nitrogens with zero attached hydrogens (tertiary/aromatic N) is 2. The van der Waals surface area contributed by atoms with E-state index in [9.17, 15) is 15.0 Å². The topological polar surface area (TPSA) is 73.2 Å². The molecule has 0 aromatic heterocycles. The zero-order valence-corrected chi connectivity index (χ0v) is 15.2. The average molecular weight is 368 g/mol. The molecule has 2 aliphatic rings.